The number of amides is 1. The number of aromatic amines is 1. The van der Waals surface area contributed by atoms with Crippen LogP contribution in [0.1, 0.15) is 10.4 Å². The minimum atomic E-state index is -0.743. The number of aromatic nitrogens is 2. The van der Waals surface area contributed by atoms with Gasteiger partial charge in [-0.1, -0.05) is 29.5 Å². The van der Waals surface area contributed by atoms with E-state index in [-0.39, 0.29) is 5.56 Å². The highest BCUT2D eigenvalue weighted by Crippen LogP contribution is 2.23. The lowest BCUT2D eigenvalue weighted by Crippen LogP contribution is -2.21. The zero-order chi connectivity index (χ0) is 17.1. The van der Waals surface area contributed by atoms with E-state index in [2.05, 4.69) is 31.2 Å². The Bertz CT molecular complexity index is 982. The van der Waals surface area contributed by atoms with Gasteiger partial charge in [-0.2, -0.15) is 0 Å². The van der Waals surface area contributed by atoms with E-state index in [0.717, 1.165) is 9.85 Å². The van der Waals surface area contributed by atoms with Crippen molar-refractivity contribution in [3.63, 3.8) is 0 Å². The number of anilines is 1. The Morgan fingerprint density at radius 3 is 2.88 bits per heavy atom. The van der Waals surface area contributed by atoms with Crippen LogP contribution in [0.2, 0.25) is 0 Å². The number of rotatable bonds is 4. The molecule has 2 heterocycles. The van der Waals surface area contributed by atoms with Gasteiger partial charge in [-0.15, -0.1) is 0 Å². The predicted molar refractivity (Wildman–Crippen MR) is 93.3 cm³/mol. The van der Waals surface area contributed by atoms with Crippen LogP contribution in [0.15, 0.2) is 45.1 Å². The number of pyridine rings is 1. The van der Waals surface area contributed by atoms with Crippen molar-refractivity contribution in [2.24, 2.45) is 0 Å². The molecule has 1 amide bonds. The molecule has 0 unspecified atom stereocenters. The number of ether oxygens (including phenoxy) is 1. The summed E-state index contributed by atoms with van der Waals surface area (Å²) >= 11 is 4.47. The largest absolute Gasteiger partial charge is 0.452 e. The minimum Gasteiger partial charge on any atom is -0.452 e. The van der Waals surface area contributed by atoms with E-state index < -0.39 is 24.0 Å². The average Bonchev–Trinajstić information content (AvgIpc) is 2.96. The van der Waals surface area contributed by atoms with E-state index in [1.54, 1.807) is 30.5 Å². The standard InChI is InChI=1S/C15H10BrN3O4S/c16-11-6-17-15(24-11)19-13(21)7-23-14(22)9-5-12(20)18-10-4-2-1-3-8(9)10/h1-6H,7H2,(H,18,20)(H,17,19,21). The molecular formula is C15H10BrN3O4S. The van der Waals surface area contributed by atoms with Crippen molar-refractivity contribution < 1.29 is 14.3 Å². The topological polar surface area (TPSA) is 101 Å². The zero-order valence-corrected chi connectivity index (χ0v) is 14.4. The van der Waals surface area contributed by atoms with E-state index in [4.69, 9.17) is 4.74 Å². The third-order valence-electron chi connectivity index (χ3n) is 3.03. The Balaban J connectivity index is 1.71. The van der Waals surface area contributed by atoms with Gasteiger partial charge in [-0.3, -0.25) is 14.9 Å². The van der Waals surface area contributed by atoms with Gasteiger partial charge in [0.2, 0.25) is 5.56 Å². The van der Waals surface area contributed by atoms with Crippen molar-refractivity contribution in [1.82, 2.24) is 9.97 Å². The molecule has 0 spiro atoms. The van der Waals surface area contributed by atoms with Gasteiger partial charge in [0.25, 0.3) is 5.91 Å². The summed E-state index contributed by atoms with van der Waals surface area (Å²) in [6.07, 6.45) is 1.55. The molecule has 7 nitrogen and oxygen atoms in total. The highest BCUT2D eigenvalue weighted by molar-refractivity contribution is 9.11. The number of nitrogens with zero attached hydrogens (tertiary/aromatic N) is 1. The van der Waals surface area contributed by atoms with Gasteiger partial charge in [0.1, 0.15) is 0 Å². The Hall–Kier alpha value is -2.52. The van der Waals surface area contributed by atoms with Crippen molar-refractivity contribution in [3.8, 4) is 0 Å². The summed E-state index contributed by atoms with van der Waals surface area (Å²) in [7, 11) is 0. The van der Waals surface area contributed by atoms with Crippen LogP contribution >= 0.6 is 27.3 Å². The molecule has 3 rings (SSSR count). The van der Waals surface area contributed by atoms with Gasteiger partial charge in [-0.25, -0.2) is 9.78 Å². The van der Waals surface area contributed by atoms with Crippen LogP contribution in [0.25, 0.3) is 10.9 Å². The van der Waals surface area contributed by atoms with E-state index in [1.165, 1.54) is 11.3 Å². The number of thiazole rings is 1. The van der Waals surface area contributed by atoms with Crippen molar-refractivity contribution in [2.45, 2.75) is 0 Å². The summed E-state index contributed by atoms with van der Waals surface area (Å²) in [5.41, 5.74) is 0.214. The van der Waals surface area contributed by atoms with Crippen LogP contribution in [0, 0.1) is 0 Å². The van der Waals surface area contributed by atoms with E-state index in [0.29, 0.717) is 16.0 Å². The fraction of sp³-hybridized carbons (Fsp3) is 0.0667. The van der Waals surface area contributed by atoms with Crippen molar-refractivity contribution >= 4 is 55.2 Å². The number of para-hydroxylation sites is 1. The maximum absolute atomic E-state index is 12.2. The van der Waals surface area contributed by atoms with Gasteiger partial charge in [-0.05, 0) is 22.0 Å². The fourth-order valence-corrected chi connectivity index (χ4v) is 3.17. The van der Waals surface area contributed by atoms with Crippen LogP contribution in [0.3, 0.4) is 0 Å². The SMILES string of the molecule is O=C(COC(=O)c1cc(=O)[nH]c2ccccc12)Nc1ncc(Br)s1. The van der Waals surface area contributed by atoms with Gasteiger partial charge < -0.3 is 9.72 Å². The van der Waals surface area contributed by atoms with Crippen molar-refractivity contribution in [3.05, 3.63) is 56.2 Å². The third-order valence-corrected chi connectivity index (χ3v) is 4.42. The van der Waals surface area contributed by atoms with Crippen LogP contribution in [0.5, 0.6) is 0 Å². The maximum atomic E-state index is 12.2. The van der Waals surface area contributed by atoms with Gasteiger partial charge in [0, 0.05) is 17.0 Å². The minimum absolute atomic E-state index is 0.110. The van der Waals surface area contributed by atoms with Crippen molar-refractivity contribution in [2.75, 3.05) is 11.9 Å². The lowest BCUT2D eigenvalue weighted by Gasteiger charge is -2.07. The fourth-order valence-electron chi connectivity index (χ4n) is 2.05. The molecule has 0 radical (unpaired) electrons. The highest BCUT2D eigenvalue weighted by Gasteiger charge is 2.15. The molecule has 0 fully saturated rings. The number of nitrogens with one attached hydrogen (secondary N) is 2. The van der Waals surface area contributed by atoms with E-state index >= 15 is 0 Å². The second kappa shape index (κ2) is 6.93. The summed E-state index contributed by atoms with van der Waals surface area (Å²) in [4.78, 5) is 42.2. The van der Waals surface area contributed by atoms with Crippen LogP contribution in [-0.4, -0.2) is 28.5 Å². The number of H-pyrrole nitrogens is 1. The first-order valence-corrected chi connectivity index (χ1v) is 8.34. The number of carbonyl (C=O) groups excluding carboxylic acids is 2. The molecule has 9 heteroatoms. The van der Waals surface area contributed by atoms with Crippen LogP contribution in [-0.2, 0) is 9.53 Å². The first-order valence-electron chi connectivity index (χ1n) is 6.73. The molecule has 1 aromatic carbocycles. The Morgan fingerprint density at radius 2 is 2.12 bits per heavy atom. The van der Waals surface area contributed by atoms with Gasteiger partial charge in [0.15, 0.2) is 11.7 Å². The van der Waals surface area contributed by atoms with Crippen molar-refractivity contribution in [1.29, 1.82) is 0 Å². The smallest absolute Gasteiger partial charge is 0.339 e. The molecule has 2 aromatic heterocycles. The number of halogens is 1. The molecule has 0 aliphatic rings. The molecule has 122 valence electrons. The summed E-state index contributed by atoms with van der Waals surface area (Å²) in [5, 5.41) is 3.45. The molecule has 0 saturated heterocycles. The summed E-state index contributed by atoms with van der Waals surface area (Å²) in [6.45, 7) is -0.475. The number of benzene rings is 1. The quantitative estimate of drug-likeness (QED) is 0.647. The van der Waals surface area contributed by atoms with E-state index in [9.17, 15) is 14.4 Å². The molecule has 0 aliphatic heterocycles. The maximum Gasteiger partial charge on any atom is 0.339 e. The number of hydrogen-bond donors (Lipinski definition) is 2. The summed E-state index contributed by atoms with van der Waals surface area (Å²) in [5.74, 6) is -1.26. The Labute approximate surface area is 147 Å². The molecule has 2 N–H and O–H groups in total. The normalized spacial score (nSPS) is 10.5. The summed E-state index contributed by atoms with van der Waals surface area (Å²) < 4.78 is 5.76. The zero-order valence-electron chi connectivity index (χ0n) is 12.0. The highest BCUT2D eigenvalue weighted by atomic mass is 79.9. The summed E-state index contributed by atoms with van der Waals surface area (Å²) in [6, 6.07) is 8.01. The van der Waals surface area contributed by atoms with Gasteiger partial charge >= 0.3 is 5.97 Å². The molecule has 3 aromatic rings. The number of esters is 1. The van der Waals surface area contributed by atoms with Crippen LogP contribution in [0.4, 0.5) is 5.13 Å². The molecule has 0 bridgehead atoms. The molecular weight excluding hydrogens is 398 g/mol. The number of hydrogen-bond acceptors (Lipinski definition) is 6. The molecule has 0 atom stereocenters. The van der Waals surface area contributed by atoms with E-state index in [1.807, 2.05) is 0 Å². The Morgan fingerprint density at radius 1 is 1.33 bits per heavy atom. The monoisotopic (exact) mass is 407 g/mol. The second-order valence-corrected chi connectivity index (χ2v) is 7.10. The van der Waals surface area contributed by atoms with Crippen LogP contribution < -0.4 is 10.9 Å². The number of carbonyl (C=O) groups is 2. The first kappa shape index (κ1) is 16.3. The lowest BCUT2D eigenvalue weighted by molar-refractivity contribution is -0.119. The first-order chi connectivity index (χ1) is 11.5. The number of fused-ring (bicyclic) bond motifs is 1. The molecule has 0 aliphatic carbocycles. The third kappa shape index (κ3) is 3.69. The second-order valence-electron chi connectivity index (χ2n) is 4.69. The molecule has 24 heavy (non-hydrogen) atoms. The Kier molecular flexibility index (Phi) is 4.72. The lowest BCUT2D eigenvalue weighted by atomic mass is 10.1. The average molecular weight is 408 g/mol. The van der Waals surface area contributed by atoms with Gasteiger partial charge in [0.05, 0.1) is 15.5 Å². The molecule has 0 saturated carbocycles. The predicted octanol–water partition coefficient (Wildman–Crippen LogP) is 2.54.